The molecule has 3 heteroatoms. The normalized spacial score (nSPS) is 10.4. The van der Waals surface area contributed by atoms with Crippen molar-refractivity contribution in [2.24, 2.45) is 0 Å². The molecule has 0 radical (unpaired) electrons. The van der Waals surface area contributed by atoms with E-state index in [0.717, 1.165) is 17.3 Å². The number of anilines is 1. The molecule has 1 heterocycles. The van der Waals surface area contributed by atoms with Gasteiger partial charge in [0.2, 0.25) is 0 Å². The topological polar surface area (TPSA) is 12.0 Å². The molecule has 3 aromatic rings. The molecule has 3 rings (SSSR count). The van der Waals surface area contributed by atoms with Crippen LogP contribution in [0.5, 0.6) is 0 Å². The van der Waals surface area contributed by atoms with Crippen molar-refractivity contribution in [2.45, 2.75) is 6.54 Å². The maximum Gasteiger partial charge on any atom is 0.0494 e. The predicted octanol–water partition coefficient (Wildman–Crippen LogP) is 5.68. The van der Waals surface area contributed by atoms with Crippen LogP contribution in [0.1, 0.15) is 4.88 Å². The molecule has 1 aromatic heterocycles. The van der Waals surface area contributed by atoms with E-state index in [4.69, 9.17) is 11.6 Å². The van der Waals surface area contributed by atoms with Gasteiger partial charge in [0.15, 0.2) is 0 Å². The van der Waals surface area contributed by atoms with Crippen molar-refractivity contribution in [1.29, 1.82) is 0 Å². The summed E-state index contributed by atoms with van der Waals surface area (Å²) in [5, 5.41) is 4.17. The Morgan fingerprint density at radius 3 is 2.35 bits per heavy atom. The quantitative estimate of drug-likeness (QED) is 0.653. The molecule has 0 unspecified atom stereocenters. The van der Waals surface area contributed by atoms with Gasteiger partial charge in [0.05, 0.1) is 0 Å². The number of rotatable bonds is 4. The van der Waals surface area contributed by atoms with Crippen molar-refractivity contribution >= 4 is 28.6 Å². The van der Waals surface area contributed by atoms with Crippen LogP contribution in [0.2, 0.25) is 5.02 Å². The van der Waals surface area contributed by atoms with E-state index in [2.05, 4.69) is 41.7 Å². The van der Waals surface area contributed by atoms with Gasteiger partial charge in [0, 0.05) is 27.0 Å². The van der Waals surface area contributed by atoms with Crippen LogP contribution in [0, 0.1) is 0 Å². The highest BCUT2D eigenvalue weighted by Crippen LogP contribution is 2.28. The molecule has 0 atom stereocenters. The lowest BCUT2D eigenvalue weighted by Gasteiger charge is -2.04. The van der Waals surface area contributed by atoms with Gasteiger partial charge in [-0.1, -0.05) is 41.9 Å². The lowest BCUT2D eigenvalue weighted by atomic mass is 10.2. The van der Waals surface area contributed by atoms with E-state index in [0.29, 0.717) is 0 Å². The van der Waals surface area contributed by atoms with Gasteiger partial charge in [-0.3, -0.25) is 0 Å². The minimum Gasteiger partial charge on any atom is -0.380 e. The smallest absolute Gasteiger partial charge is 0.0494 e. The molecule has 0 aliphatic heterocycles. The van der Waals surface area contributed by atoms with Crippen molar-refractivity contribution in [1.82, 2.24) is 0 Å². The van der Waals surface area contributed by atoms with E-state index in [-0.39, 0.29) is 0 Å². The lowest BCUT2D eigenvalue weighted by molar-refractivity contribution is 1.19. The third-order valence-electron chi connectivity index (χ3n) is 3.03. The van der Waals surface area contributed by atoms with Crippen molar-refractivity contribution in [3.8, 4) is 10.4 Å². The van der Waals surface area contributed by atoms with E-state index < -0.39 is 0 Å². The first-order valence-corrected chi connectivity index (χ1v) is 7.64. The summed E-state index contributed by atoms with van der Waals surface area (Å²) in [6, 6.07) is 22.6. The van der Waals surface area contributed by atoms with Crippen LogP contribution in [0.4, 0.5) is 5.69 Å². The fourth-order valence-corrected chi connectivity index (χ4v) is 3.07. The fourth-order valence-electron chi connectivity index (χ4n) is 1.99. The van der Waals surface area contributed by atoms with Crippen molar-refractivity contribution in [3.63, 3.8) is 0 Å². The van der Waals surface area contributed by atoms with E-state index in [1.807, 2.05) is 41.7 Å². The summed E-state index contributed by atoms with van der Waals surface area (Å²) in [5.41, 5.74) is 2.36. The summed E-state index contributed by atoms with van der Waals surface area (Å²) < 4.78 is 0. The van der Waals surface area contributed by atoms with Gasteiger partial charge >= 0.3 is 0 Å². The van der Waals surface area contributed by atoms with Crippen LogP contribution >= 0.6 is 22.9 Å². The van der Waals surface area contributed by atoms with Gasteiger partial charge < -0.3 is 5.32 Å². The standard InChI is InChI=1S/C17H14ClNS/c18-14-6-8-15(9-7-14)19-12-16-10-11-17(20-16)13-4-2-1-3-5-13/h1-11,19H,12H2. The Labute approximate surface area is 127 Å². The zero-order valence-corrected chi connectivity index (χ0v) is 12.4. The second-order valence-electron chi connectivity index (χ2n) is 4.49. The van der Waals surface area contributed by atoms with Crippen molar-refractivity contribution in [2.75, 3.05) is 5.32 Å². The molecule has 0 amide bonds. The molecule has 0 aliphatic rings. The van der Waals surface area contributed by atoms with E-state index in [1.54, 1.807) is 0 Å². The molecule has 1 N–H and O–H groups in total. The number of thiophene rings is 1. The predicted molar refractivity (Wildman–Crippen MR) is 88.5 cm³/mol. The van der Waals surface area contributed by atoms with Crippen LogP contribution in [0.15, 0.2) is 66.7 Å². The molecule has 1 nitrogen and oxygen atoms in total. The first-order valence-electron chi connectivity index (χ1n) is 6.45. The maximum atomic E-state index is 5.87. The third kappa shape index (κ3) is 3.21. The zero-order valence-electron chi connectivity index (χ0n) is 10.8. The van der Waals surface area contributed by atoms with Crippen LogP contribution in [0.25, 0.3) is 10.4 Å². The minimum atomic E-state index is 0.762. The Balaban J connectivity index is 1.67. The summed E-state index contributed by atoms with van der Waals surface area (Å²) in [4.78, 5) is 2.62. The Morgan fingerprint density at radius 2 is 1.60 bits per heavy atom. The zero-order chi connectivity index (χ0) is 13.8. The summed E-state index contributed by atoms with van der Waals surface area (Å²) in [6.07, 6.45) is 0. The Morgan fingerprint density at radius 1 is 0.850 bits per heavy atom. The van der Waals surface area contributed by atoms with E-state index >= 15 is 0 Å². The molecule has 0 saturated heterocycles. The van der Waals surface area contributed by atoms with Gasteiger partial charge in [-0.2, -0.15) is 0 Å². The molecule has 0 aliphatic carbocycles. The molecule has 2 aromatic carbocycles. The SMILES string of the molecule is Clc1ccc(NCc2ccc(-c3ccccc3)s2)cc1. The first-order chi connectivity index (χ1) is 9.81. The molecule has 0 bridgehead atoms. The minimum absolute atomic E-state index is 0.762. The highest BCUT2D eigenvalue weighted by molar-refractivity contribution is 7.15. The number of halogens is 1. The summed E-state index contributed by atoms with van der Waals surface area (Å²) in [6.45, 7) is 0.832. The molecular formula is C17H14ClNS. The highest BCUT2D eigenvalue weighted by Gasteiger charge is 2.02. The van der Waals surface area contributed by atoms with E-state index in [9.17, 15) is 0 Å². The third-order valence-corrected chi connectivity index (χ3v) is 4.42. The fraction of sp³-hybridized carbons (Fsp3) is 0.0588. The van der Waals surface area contributed by atoms with Crippen LogP contribution < -0.4 is 5.32 Å². The summed E-state index contributed by atoms with van der Waals surface area (Å²) in [7, 11) is 0. The Hall–Kier alpha value is -1.77. The molecule has 0 saturated carbocycles. The second-order valence-corrected chi connectivity index (χ2v) is 6.10. The van der Waals surface area contributed by atoms with Crippen LogP contribution in [-0.4, -0.2) is 0 Å². The average molecular weight is 300 g/mol. The van der Waals surface area contributed by atoms with Gasteiger partial charge in [-0.25, -0.2) is 0 Å². The van der Waals surface area contributed by atoms with Crippen LogP contribution in [0.3, 0.4) is 0 Å². The summed E-state index contributed by atoms with van der Waals surface area (Å²) in [5.74, 6) is 0. The maximum absolute atomic E-state index is 5.87. The Kier molecular flexibility index (Phi) is 4.05. The van der Waals surface area contributed by atoms with Gasteiger partial charge in [0.1, 0.15) is 0 Å². The van der Waals surface area contributed by atoms with Gasteiger partial charge in [0.25, 0.3) is 0 Å². The van der Waals surface area contributed by atoms with Gasteiger partial charge in [-0.15, -0.1) is 11.3 Å². The Bertz CT molecular complexity index is 674. The second kappa shape index (κ2) is 6.12. The lowest BCUT2D eigenvalue weighted by Crippen LogP contribution is -1.96. The van der Waals surface area contributed by atoms with Gasteiger partial charge in [-0.05, 0) is 42.0 Å². The molecule has 0 spiro atoms. The number of hydrogen-bond donors (Lipinski definition) is 1. The van der Waals surface area contributed by atoms with Crippen LogP contribution in [-0.2, 0) is 6.54 Å². The summed E-state index contributed by atoms with van der Waals surface area (Å²) >= 11 is 7.69. The monoisotopic (exact) mass is 299 g/mol. The average Bonchev–Trinajstić information content (AvgIpc) is 2.97. The number of benzene rings is 2. The van der Waals surface area contributed by atoms with Crippen molar-refractivity contribution in [3.05, 3.63) is 76.6 Å². The first kappa shape index (κ1) is 13.2. The van der Waals surface area contributed by atoms with Crippen molar-refractivity contribution < 1.29 is 0 Å². The largest absolute Gasteiger partial charge is 0.380 e. The van der Waals surface area contributed by atoms with E-state index in [1.165, 1.54) is 15.3 Å². The molecule has 20 heavy (non-hydrogen) atoms. The molecule has 100 valence electrons. The molecular weight excluding hydrogens is 286 g/mol. The molecule has 0 fully saturated rings. The highest BCUT2D eigenvalue weighted by atomic mass is 35.5. The number of hydrogen-bond acceptors (Lipinski definition) is 2. The number of nitrogens with one attached hydrogen (secondary N) is 1.